The zero-order valence-electron chi connectivity index (χ0n) is 16.4. The Morgan fingerprint density at radius 1 is 1.29 bits per heavy atom. The molecule has 0 aliphatic rings. The number of nitrogens with zero attached hydrogens (tertiary/aromatic N) is 4. The molecule has 1 atom stereocenters. The lowest BCUT2D eigenvalue weighted by Crippen LogP contribution is -2.21. The van der Waals surface area contributed by atoms with Gasteiger partial charge in [0.05, 0.1) is 18.8 Å². The minimum absolute atomic E-state index is 0.193. The second-order valence-corrected chi connectivity index (χ2v) is 7.52. The van der Waals surface area contributed by atoms with Crippen LogP contribution in [0.5, 0.6) is 0 Å². The lowest BCUT2D eigenvalue weighted by molar-refractivity contribution is -0.192. The van der Waals surface area contributed by atoms with Crippen LogP contribution in [0, 0.1) is 6.92 Å². The number of aliphatic carboxylic acids is 1. The number of carbonyl (C=O) groups is 2. The Labute approximate surface area is 178 Å². The van der Waals surface area contributed by atoms with Crippen molar-refractivity contribution >= 4 is 29.0 Å². The van der Waals surface area contributed by atoms with E-state index in [1.807, 2.05) is 44.2 Å². The topological polar surface area (TPSA) is 136 Å². The minimum Gasteiger partial charge on any atom is -0.475 e. The molecule has 0 fully saturated rings. The number of carboxylic acid groups (broad SMARTS) is 1. The Bertz CT molecular complexity index is 1030. The van der Waals surface area contributed by atoms with Gasteiger partial charge in [0.1, 0.15) is 10.7 Å². The van der Waals surface area contributed by atoms with Gasteiger partial charge in [0, 0.05) is 4.88 Å². The van der Waals surface area contributed by atoms with Gasteiger partial charge in [-0.1, -0.05) is 35.5 Å². The van der Waals surface area contributed by atoms with Crippen molar-refractivity contribution in [3.8, 4) is 0 Å². The number of benzene rings is 1. The largest absolute Gasteiger partial charge is 0.490 e. The zero-order chi connectivity index (χ0) is 23.2. The Morgan fingerprint density at radius 3 is 2.42 bits per heavy atom. The van der Waals surface area contributed by atoms with E-state index < -0.39 is 12.1 Å². The molecule has 1 amide bonds. The first kappa shape index (κ1) is 24.0. The van der Waals surface area contributed by atoms with Crippen LogP contribution in [-0.4, -0.2) is 43.1 Å². The second-order valence-electron chi connectivity index (χ2n) is 6.29. The molecule has 1 aromatic carbocycles. The highest BCUT2D eigenvalue weighted by Gasteiger charge is 2.38. The fourth-order valence-electron chi connectivity index (χ4n) is 2.20. The van der Waals surface area contributed by atoms with E-state index in [-0.39, 0.29) is 11.9 Å². The van der Waals surface area contributed by atoms with Crippen LogP contribution in [0.25, 0.3) is 0 Å². The predicted molar refractivity (Wildman–Crippen MR) is 107 cm³/mol. The molecule has 4 N–H and O–H groups in total. The zero-order valence-corrected chi connectivity index (χ0v) is 17.2. The molecule has 3 aromatic rings. The maximum Gasteiger partial charge on any atom is 0.490 e. The molecule has 3 rings (SSSR count). The number of halogens is 3. The van der Waals surface area contributed by atoms with Gasteiger partial charge in [-0.15, -0.1) is 16.4 Å². The summed E-state index contributed by atoms with van der Waals surface area (Å²) in [7, 11) is 0. The summed E-state index contributed by atoms with van der Waals surface area (Å²) in [6.07, 6.45) is -3.39. The number of hydrogen-bond donors (Lipinski definition) is 3. The van der Waals surface area contributed by atoms with Gasteiger partial charge in [-0.25, -0.2) is 14.5 Å². The molecule has 31 heavy (non-hydrogen) atoms. The van der Waals surface area contributed by atoms with Gasteiger partial charge in [0.15, 0.2) is 5.82 Å². The molecule has 0 bridgehead atoms. The van der Waals surface area contributed by atoms with Gasteiger partial charge in [0.2, 0.25) is 0 Å². The van der Waals surface area contributed by atoms with E-state index in [9.17, 15) is 18.0 Å². The number of aryl methyl sites for hydroxylation is 1. The molecule has 0 aliphatic carbocycles. The highest BCUT2D eigenvalue weighted by atomic mass is 32.1. The smallest absolute Gasteiger partial charge is 0.475 e. The third kappa shape index (κ3) is 7.15. The lowest BCUT2D eigenvalue weighted by Gasteiger charge is -2.00. The van der Waals surface area contributed by atoms with Crippen molar-refractivity contribution in [3.63, 3.8) is 0 Å². The maximum absolute atomic E-state index is 12.4. The average molecular weight is 456 g/mol. The number of nitrogens with two attached hydrogens (primary N) is 1. The number of hydrogen-bond acceptors (Lipinski definition) is 7. The summed E-state index contributed by atoms with van der Waals surface area (Å²) in [5, 5.41) is 18.6. The van der Waals surface area contributed by atoms with E-state index in [1.54, 1.807) is 10.9 Å². The lowest BCUT2D eigenvalue weighted by atomic mass is 10.2. The number of rotatable bonds is 5. The molecule has 0 saturated carbocycles. The first-order valence-corrected chi connectivity index (χ1v) is 9.57. The van der Waals surface area contributed by atoms with Crippen molar-refractivity contribution in [3.05, 3.63) is 57.7 Å². The normalized spacial score (nSPS) is 11.9. The van der Waals surface area contributed by atoms with Gasteiger partial charge in [-0.05, 0) is 19.4 Å². The first-order chi connectivity index (χ1) is 14.5. The highest BCUT2D eigenvalue weighted by molar-refractivity contribution is 7.12. The van der Waals surface area contributed by atoms with Crippen LogP contribution in [0.4, 0.5) is 19.0 Å². The molecular formula is C18H19F3N6O3S. The molecule has 0 radical (unpaired) electrons. The summed E-state index contributed by atoms with van der Waals surface area (Å²) in [6, 6.07) is 9.72. The van der Waals surface area contributed by atoms with Crippen LogP contribution in [0.2, 0.25) is 0 Å². The number of amides is 1. The summed E-state index contributed by atoms with van der Waals surface area (Å²) in [5.74, 6) is -2.67. The highest BCUT2D eigenvalue weighted by Crippen LogP contribution is 2.22. The minimum atomic E-state index is -5.08. The van der Waals surface area contributed by atoms with Crippen LogP contribution in [0.1, 0.15) is 38.9 Å². The van der Waals surface area contributed by atoms with Crippen molar-refractivity contribution in [1.29, 1.82) is 0 Å². The van der Waals surface area contributed by atoms with Crippen molar-refractivity contribution in [1.82, 2.24) is 20.0 Å². The number of alkyl halides is 3. The first-order valence-electron chi connectivity index (χ1n) is 8.75. The van der Waals surface area contributed by atoms with E-state index in [4.69, 9.17) is 15.6 Å². The van der Waals surface area contributed by atoms with E-state index in [0.29, 0.717) is 18.1 Å². The number of nitrogens with one attached hydrogen (secondary N) is 1. The quantitative estimate of drug-likeness (QED) is 0.537. The molecule has 2 heterocycles. The van der Waals surface area contributed by atoms with Crippen LogP contribution in [-0.2, 0) is 11.3 Å². The average Bonchev–Trinajstić information content (AvgIpc) is 3.28. The summed E-state index contributed by atoms with van der Waals surface area (Å²) in [4.78, 5) is 26.4. The summed E-state index contributed by atoms with van der Waals surface area (Å²) < 4.78 is 33.4. The van der Waals surface area contributed by atoms with Crippen LogP contribution >= 0.6 is 11.3 Å². The van der Waals surface area contributed by atoms with Crippen molar-refractivity contribution in [2.24, 2.45) is 5.73 Å². The van der Waals surface area contributed by atoms with Crippen molar-refractivity contribution < 1.29 is 27.9 Å². The Kier molecular flexibility index (Phi) is 7.83. The van der Waals surface area contributed by atoms with Gasteiger partial charge in [0.25, 0.3) is 5.91 Å². The summed E-state index contributed by atoms with van der Waals surface area (Å²) in [5.41, 5.74) is 7.30. The second kappa shape index (κ2) is 10.1. The Balaban J connectivity index is 0.000000423. The van der Waals surface area contributed by atoms with E-state index in [1.165, 1.54) is 11.3 Å². The predicted octanol–water partition coefficient (Wildman–Crippen LogP) is 3.00. The molecule has 1 unspecified atom stereocenters. The molecule has 166 valence electrons. The van der Waals surface area contributed by atoms with Crippen LogP contribution in [0.3, 0.4) is 0 Å². The molecule has 0 spiro atoms. The van der Waals surface area contributed by atoms with Crippen molar-refractivity contribution in [2.45, 2.75) is 32.6 Å². The number of thiazole rings is 1. The molecule has 2 aromatic heterocycles. The maximum atomic E-state index is 12.4. The summed E-state index contributed by atoms with van der Waals surface area (Å²) >= 11 is 1.43. The van der Waals surface area contributed by atoms with Gasteiger partial charge in [-0.3, -0.25) is 4.79 Å². The monoisotopic (exact) mass is 456 g/mol. The van der Waals surface area contributed by atoms with E-state index in [2.05, 4.69) is 20.6 Å². The van der Waals surface area contributed by atoms with Crippen molar-refractivity contribution in [2.75, 3.05) is 5.32 Å². The molecule has 0 aliphatic heterocycles. The molecular weight excluding hydrogens is 437 g/mol. The number of aromatic nitrogens is 4. The Morgan fingerprint density at radius 2 is 1.90 bits per heavy atom. The van der Waals surface area contributed by atoms with E-state index >= 15 is 0 Å². The number of carboxylic acids is 1. The number of carbonyl (C=O) groups excluding carboxylic acids is 1. The fourth-order valence-corrected chi connectivity index (χ4v) is 3.07. The Hall–Kier alpha value is -3.32. The van der Waals surface area contributed by atoms with Gasteiger partial charge in [-0.2, -0.15) is 13.2 Å². The fraction of sp³-hybridized carbons (Fsp3) is 0.278. The SMILES string of the molecule is Cc1sc(C(C)N)nc1C(=O)Nc1cn(Cc2ccccc2)nn1.O=C(O)C(F)(F)F. The third-order valence-corrected chi connectivity index (χ3v) is 4.80. The number of anilines is 1. The van der Waals surface area contributed by atoms with E-state index in [0.717, 1.165) is 15.4 Å². The van der Waals surface area contributed by atoms with Gasteiger partial charge >= 0.3 is 12.1 Å². The van der Waals surface area contributed by atoms with Crippen LogP contribution < -0.4 is 11.1 Å². The molecule has 0 saturated heterocycles. The third-order valence-electron chi connectivity index (χ3n) is 3.63. The van der Waals surface area contributed by atoms with Gasteiger partial charge < -0.3 is 16.2 Å². The van der Waals surface area contributed by atoms with Crippen LogP contribution in [0.15, 0.2) is 36.5 Å². The molecule has 13 heteroatoms. The molecule has 9 nitrogen and oxygen atoms in total. The summed E-state index contributed by atoms with van der Waals surface area (Å²) in [6.45, 7) is 4.29. The standard InChI is InChI=1S/C16H18N6OS.C2HF3O2/c1-10(17)16-19-14(11(2)24-16)15(23)18-13-9-22(21-20-13)8-12-6-4-3-5-7-12;3-2(4,5)1(6)7/h3-7,9-10H,8,17H2,1-2H3,(H,18,23);(H,6,7).